The van der Waals surface area contributed by atoms with Crippen LogP contribution in [-0.4, -0.2) is 19.6 Å². The molecule has 0 aromatic rings. The molecular weight excluding hydrogens is 92.1 g/mol. The number of hydrogen-bond donors (Lipinski definition) is 1. The summed E-state index contributed by atoms with van der Waals surface area (Å²) in [6.45, 7) is 0.670. The standard InChI is InChI=1S/C4H6N2O/c1-7-4-2-3-5-6-4/h5H,3H2,1H3. The first-order chi connectivity index (χ1) is 3.43. The van der Waals surface area contributed by atoms with E-state index in [1.54, 1.807) is 7.11 Å². The second-order valence-corrected chi connectivity index (χ2v) is 1.13. The number of methoxy groups -OCH3 is 1. The van der Waals surface area contributed by atoms with Crippen LogP contribution < -0.4 is 5.43 Å². The molecule has 0 spiro atoms. The lowest BCUT2D eigenvalue weighted by molar-refractivity contribution is 0.404. The molecular formula is C4H6N2O. The highest BCUT2D eigenvalue weighted by Gasteiger charge is 2.03. The SMILES string of the molecule is COC1=NNC[C]1. The molecule has 7 heavy (non-hydrogen) atoms. The molecule has 1 aliphatic rings. The van der Waals surface area contributed by atoms with E-state index in [4.69, 9.17) is 0 Å². The van der Waals surface area contributed by atoms with Crippen LogP contribution in [0.5, 0.6) is 0 Å². The average molecular weight is 98.1 g/mol. The van der Waals surface area contributed by atoms with Crippen LogP contribution in [0.3, 0.4) is 0 Å². The van der Waals surface area contributed by atoms with Crippen molar-refractivity contribution in [2.24, 2.45) is 5.10 Å². The van der Waals surface area contributed by atoms with Gasteiger partial charge in [-0.3, -0.25) is 0 Å². The van der Waals surface area contributed by atoms with Crippen LogP contribution in [0.25, 0.3) is 0 Å². The summed E-state index contributed by atoms with van der Waals surface area (Å²) in [5, 5.41) is 3.69. The lowest BCUT2D eigenvalue weighted by atomic mass is 10.5. The van der Waals surface area contributed by atoms with Crippen molar-refractivity contribution in [1.82, 2.24) is 5.43 Å². The van der Waals surface area contributed by atoms with Gasteiger partial charge < -0.3 is 10.2 Å². The Labute approximate surface area is 42.4 Å². The summed E-state index contributed by atoms with van der Waals surface area (Å²) in [6.07, 6.45) is 2.82. The molecule has 1 heterocycles. The molecule has 3 nitrogen and oxygen atoms in total. The molecule has 3 heteroatoms. The van der Waals surface area contributed by atoms with E-state index < -0.39 is 0 Å². The fourth-order valence-corrected chi connectivity index (χ4v) is 0.384. The van der Waals surface area contributed by atoms with E-state index >= 15 is 0 Å². The highest BCUT2D eigenvalue weighted by atomic mass is 16.5. The Morgan fingerprint density at radius 3 is 3.14 bits per heavy atom. The minimum Gasteiger partial charge on any atom is -0.483 e. The average Bonchev–Trinajstić information content (AvgIpc) is 2.14. The zero-order valence-corrected chi connectivity index (χ0v) is 4.06. The minimum atomic E-state index is 0.556. The first-order valence-electron chi connectivity index (χ1n) is 2.02. The zero-order valence-electron chi connectivity index (χ0n) is 4.06. The molecule has 2 radical (unpaired) electrons. The van der Waals surface area contributed by atoms with Gasteiger partial charge in [0.2, 0.25) is 5.90 Å². The van der Waals surface area contributed by atoms with Crippen molar-refractivity contribution in [2.45, 2.75) is 0 Å². The van der Waals surface area contributed by atoms with Gasteiger partial charge >= 0.3 is 0 Å². The molecule has 1 rings (SSSR count). The Balaban J connectivity index is 2.36. The number of rotatable bonds is 0. The van der Waals surface area contributed by atoms with Crippen LogP contribution in [0, 0.1) is 6.42 Å². The van der Waals surface area contributed by atoms with Crippen LogP contribution in [0.4, 0.5) is 0 Å². The van der Waals surface area contributed by atoms with E-state index in [-0.39, 0.29) is 0 Å². The van der Waals surface area contributed by atoms with E-state index in [0.717, 1.165) is 0 Å². The lowest BCUT2D eigenvalue weighted by Gasteiger charge is -1.88. The predicted molar refractivity (Wildman–Crippen MR) is 25.7 cm³/mol. The van der Waals surface area contributed by atoms with E-state index in [1.807, 2.05) is 0 Å². The van der Waals surface area contributed by atoms with Crippen molar-refractivity contribution in [3.05, 3.63) is 6.42 Å². The topological polar surface area (TPSA) is 33.6 Å². The number of hydrazone groups is 1. The molecule has 0 atom stereocenters. The Bertz CT molecular complexity index is 89.7. The summed E-state index contributed by atoms with van der Waals surface area (Å²) >= 11 is 0. The Morgan fingerprint density at radius 2 is 2.86 bits per heavy atom. The van der Waals surface area contributed by atoms with Gasteiger partial charge in [0.25, 0.3) is 0 Å². The molecule has 0 aliphatic carbocycles. The molecule has 0 saturated heterocycles. The zero-order chi connectivity index (χ0) is 5.11. The molecule has 0 amide bonds. The van der Waals surface area contributed by atoms with Crippen molar-refractivity contribution in [3.8, 4) is 0 Å². The van der Waals surface area contributed by atoms with E-state index in [9.17, 15) is 0 Å². The molecule has 0 fully saturated rings. The summed E-state index contributed by atoms with van der Waals surface area (Å²) in [5.74, 6) is 0.556. The highest BCUT2D eigenvalue weighted by Crippen LogP contribution is 1.89. The van der Waals surface area contributed by atoms with Crippen molar-refractivity contribution in [2.75, 3.05) is 13.7 Å². The summed E-state index contributed by atoms with van der Waals surface area (Å²) in [5.41, 5.74) is 2.68. The molecule has 0 bridgehead atoms. The third-order valence-corrected chi connectivity index (χ3v) is 0.693. The Morgan fingerprint density at radius 1 is 2.00 bits per heavy atom. The van der Waals surface area contributed by atoms with E-state index in [1.165, 1.54) is 0 Å². The Kier molecular flexibility index (Phi) is 1.15. The van der Waals surface area contributed by atoms with Crippen molar-refractivity contribution >= 4 is 5.90 Å². The summed E-state index contributed by atoms with van der Waals surface area (Å²) in [6, 6.07) is 0. The van der Waals surface area contributed by atoms with Crippen LogP contribution in [-0.2, 0) is 4.74 Å². The second-order valence-electron chi connectivity index (χ2n) is 1.13. The smallest absolute Gasteiger partial charge is 0.216 e. The summed E-state index contributed by atoms with van der Waals surface area (Å²) in [4.78, 5) is 0. The number of ether oxygens (including phenoxy) is 1. The normalized spacial score (nSPS) is 18.1. The maximum Gasteiger partial charge on any atom is 0.216 e. The van der Waals surface area contributed by atoms with E-state index in [0.29, 0.717) is 12.4 Å². The number of nitrogens with zero attached hydrogens (tertiary/aromatic N) is 1. The molecule has 0 aromatic heterocycles. The van der Waals surface area contributed by atoms with Gasteiger partial charge in [-0.15, -0.1) is 5.10 Å². The Hall–Kier alpha value is -0.730. The first-order valence-corrected chi connectivity index (χ1v) is 2.02. The number of hydrogen-bond acceptors (Lipinski definition) is 3. The predicted octanol–water partition coefficient (Wildman–Crippen LogP) is -0.369. The van der Waals surface area contributed by atoms with Crippen LogP contribution >= 0.6 is 0 Å². The van der Waals surface area contributed by atoms with Crippen molar-refractivity contribution in [3.63, 3.8) is 0 Å². The maximum atomic E-state index is 4.69. The van der Waals surface area contributed by atoms with Crippen molar-refractivity contribution < 1.29 is 4.74 Å². The van der Waals surface area contributed by atoms with Crippen LogP contribution in [0.1, 0.15) is 0 Å². The fourth-order valence-electron chi connectivity index (χ4n) is 0.384. The van der Waals surface area contributed by atoms with Crippen LogP contribution in [0.2, 0.25) is 0 Å². The quantitative estimate of drug-likeness (QED) is 0.448. The minimum absolute atomic E-state index is 0.556. The van der Waals surface area contributed by atoms with Crippen LogP contribution in [0.15, 0.2) is 5.10 Å². The van der Waals surface area contributed by atoms with Gasteiger partial charge in [0.1, 0.15) is 6.42 Å². The molecule has 1 aliphatic heterocycles. The van der Waals surface area contributed by atoms with E-state index in [2.05, 4.69) is 21.7 Å². The van der Waals surface area contributed by atoms with Gasteiger partial charge in [-0.25, -0.2) is 0 Å². The third-order valence-electron chi connectivity index (χ3n) is 0.693. The molecule has 0 unspecified atom stereocenters. The fraction of sp³-hybridized carbons (Fsp3) is 0.500. The summed E-state index contributed by atoms with van der Waals surface area (Å²) in [7, 11) is 1.57. The largest absolute Gasteiger partial charge is 0.483 e. The van der Waals surface area contributed by atoms with Gasteiger partial charge in [0, 0.05) is 6.54 Å². The molecule has 38 valence electrons. The van der Waals surface area contributed by atoms with Crippen molar-refractivity contribution in [1.29, 1.82) is 0 Å². The van der Waals surface area contributed by atoms with Gasteiger partial charge in [0.05, 0.1) is 7.11 Å². The molecule has 0 saturated carbocycles. The van der Waals surface area contributed by atoms with Gasteiger partial charge in [-0.05, 0) is 0 Å². The molecule has 0 aromatic carbocycles. The third kappa shape index (κ3) is 0.824. The summed E-state index contributed by atoms with van der Waals surface area (Å²) < 4.78 is 4.69. The first kappa shape index (κ1) is 4.43. The van der Waals surface area contributed by atoms with Gasteiger partial charge in [-0.2, -0.15) is 0 Å². The van der Waals surface area contributed by atoms with Gasteiger partial charge in [-0.1, -0.05) is 0 Å². The molecule has 1 N–H and O–H groups in total. The monoisotopic (exact) mass is 98.0 g/mol. The highest BCUT2D eigenvalue weighted by molar-refractivity contribution is 5.86. The van der Waals surface area contributed by atoms with Gasteiger partial charge in [0.15, 0.2) is 0 Å². The maximum absolute atomic E-state index is 4.69. The second kappa shape index (κ2) is 1.82. The lowest BCUT2D eigenvalue weighted by Crippen LogP contribution is -1.98. The number of nitrogens with one attached hydrogen (secondary N) is 1.